The van der Waals surface area contributed by atoms with Crippen molar-refractivity contribution in [2.45, 2.75) is 25.2 Å². The third-order valence-electron chi connectivity index (χ3n) is 8.27. The Bertz CT molecular complexity index is 1720. The second kappa shape index (κ2) is 12.5. The molecule has 1 heterocycles. The van der Waals surface area contributed by atoms with E-state index in [1.54, 1.807) is 42.5 Å². The Balaban J connectivity index is 1.07. The van der Waals surface area contributed by atoms with Crippen LogP contribution in [0.15, 0.2) is 109 Å². The van der Waals surface area contributed by atoms with Crippen molar-refractivity contribution in [3.8, 4) is 5.75 Å². The maximum absolute atomic E-state index is 13.5. The lowest BCUT2D eigenvalue weighted by atomic mass is 9.73. The van der Waals surface area contributed by atoms with Crippen LogP contribution >= 0.6 is 0 Å². The van der Waals surface area contributed by atoms with E-state index in [-0.39, 0.29) is 40.5 Å². The number of esters is 2. The summed E-state index contributed by atoms with van der Waals surface area (Å²) in [7, 11) is 0. The van der Waals surface area contributed by atoms with Gasteiger partial charge in [0.05, 0.1) is 28.7 Å². The molecule has 0 bridgehead atoms. The van der Waals surface area contributed by atoms with Gasteiger partial charge in [-0.2, -0.15) is 0 Å². The average Bonchev–Trinajstić information content (AvgIpc) is 3.33. The average molecular weight is 588 g/mol. The molecule has 8 heteroatoms. The smallest absolute Gasteiger partial charge is 0.343 e. The number of Topliss-reactive ketones (excluding diaryl/α,β-unsaturated/α-hetero) is 1. The van der Waals surface area contributed by atoms with Crippen molar-refractivity contribution < 1.29 is 33.4 Å². The van der Waals surface area contributed by atoms with Gasteiger partial charge >= 0.3 is 11.9 Å². The minimum absolute atomic E-state index is 0.121. The molecule has 1 saturated carbocycles. The summed E-state index contributed by atoms with van der Waals surface area (Å²) in [6, 6.07) is 30.7. The lowest BCUT2D eigenvalue weighted by molar-refractivity contribution is -0.122. The summed E-state index contributed by atoms with van der Waals surface area (Å²) >= 11 is 0. The van der Waals surface area contributed by atoms with E-state index in [0.717, 1.165) is 6.42 Å². The highest BCUT2D eigenvalue weighted by atomic mass is 16.5. The first kappa shape index (κ1) is 28.7. The topological polar surface area (TPSA) is 107 Å². The van der Waals surface area contributed by atoms with Crippen LogP contribution in [0.3, 0.4) is 0 Å². The molecule has 1 aliphatic heterocycles. The van der Waals surface area contributed by atoms with E-state index in [9.17, 15) is 24.0 Å². The summed E-state index contributed by atoms with van der Waals surface area (Å²) in [5, 5.41) is 0. The van der Waals surface area contributed by atoms with E-state index in [4.69, 9.17) is 9.47 Å². The standard InChI is InChI=1S/C36H29NO7/c38-32(24-14-17-29(18-15-24)44-36(42)25-10-5-2-6-11-25)22-43-35(41)27-12-7-13-28(20-27)37-33(39)30-19-16-26(21-31(30)34(37)40)23-8-3-1-4-9-23/h1-15,17-18,20,26,30-31H,16,19,21-22H2/t26-,30-,31+/m0/s1. The number of imide groups is 1. The van der Waals surface area contributed by atoms with E-state index in [2.05, 4.69) is 12.1 Å². The molecular weight excluding hydrogens is 558 g/mol. The molecule has 1 saturated heterocycles. The number of benzene rings is 4. The second-order valence-corrected chi connectivity index (χ2v) is 11.0. The molecule has 0 N–H and O–H groups in total. The quantitative estimate of drug-likeness (QED) is 0.107. The van der Waals surface area contributed by atoms with Crippen LogP contribution in [-0.4, -0.2) is 36.1 Å². The first-order valence-electron chi connectivity index (χ1n) is 14.5. The summed E-state index contributed by atoms with van der Waals surface area (Å²) in [6.07, 6.45) is 2.07. The number of nitrogens with zero attached hydrogens (tertiary/aromatic N) is 1. The molecule has 4 aromatic carbocycles. The van der Waals surface area contributed by atoms with Crippen molar-refractivity contribution in [2.75, 3.05) is 11.5 Å². The Morgan fingerprint density at radius 1 is 0.659 bits per heavy atom. The summed E-state index contributed by atoms with van der Waals surface area (Å²) in [4.78, 5) is 65.7. The SMILES string of the molecule is O=C(COC(=O)c1cccc(N2C(=O)[C@H]3CC[C@H](c4ccccc4)C[C@H]3C2=O)c1)c1ccc(OC(=O)c2ccccc2)cc1. The molecular formula is C36H29NO7. The predicted octanol–water partition coefficient (Wildman–Crippen LogP) is 6.02. The van der Waals surface area contributed by atoms with Gasteiger partial charge in [-0.3, -0.25) is 19.3 Å². The van der Waals surface area contributed by atoms with Crippen LogP contribution in [0.4, 0.5) is 5.69 Å². The highest BCUT2D eigenvalue weighted by molar-refractivity contribution is 6.22. The molecule has 1 aliphatic carbocycles. The maximum atomic E-state index is 13.5. The van der Waals surface area contributed by atoms with Gasteiger partial charge in [-0.15, -0.1) is 0 Å². The minimum atomic E-state index is -0.755. The number of hydrogen-bond acceptors (Lipinski definition) is 7. The highest BCUT2D eigenvalue weighted by Crippen LogP contribution is 2.45. The molecule has 6 rings (SSSR count). The van der Waals surface area contributed by atoms with E-state index in [0.29, 0.717) is 24.1 Å². The monoisotopic (exact) mass is 587 g/mol. The van der Waals surface area contributed by atoms with Gasteiger partial charge in [0.1, 0.15) is 5.75 Å². The first-order valence-corrected chi connectivity index (χ1v) is 14.5. The summed E-state index contributed by atoms with van der Waals surface area (Å²) < 4.78 is 10.6. The third-order valence-corrected chi connectivity index (χ3v) is 8.27. The van der Waals surface area contributed by atoms with Gasteiger partial charge in [-0.1, -0.05) is 54.6 Å². The van der Waals surface area contributed by atoms with Crippen molar-refractivity contribution >= 4 is 35.2 Å². The van der Waals surface area contributed by atoms with Crippen LogP contribution in [0, 0.1) is 11.8 Å². The Labute approximate surface area is 254 Å². The van der Waals surface area contributed by atoms with Crippen molar-refractivity contribution in [1.82, 2.24) is 0 Å². The van der Waals surface area contributed by atoms with Gasteiger partial charge in [-0.25, -0.2) is 9.59 Å². The van der Waals surface area contributed by atoms with Crippen LogP contribution in [0.25, 0.3) is 0 Å². The molecule has 0 aromatic heterocycles. The largest absolute Gasteiger partial charge is 0.454 e. The van der Waals surface area contributed by atoms with Crippen LogP contribution in [0.5, 0.6) is 5.75 Å². The second-order valence-electron chi connectivity index (χ2n) is 11.0. The third kappa shape index (κ3) is 5.92. The fourth-order valence-electron chi connectivity index (χ4n) is 5.98. The van der Waals surface area contributed by atoms with Crippen LogP contribution in [0.2, 0.25) is 0 Å². The van der Waals surface area contributed by atoms with Gasteiger partial charge in [0.2, 0.25) is 11.8 Å². The molecule has 220 valence electrons. The van der Waals surface area contributed by atoms with E-state index >= 15 is 0 Å². The minimum Gasteiger partial charge on any atom is -0.454 e. The van der Waals surface area contributed by atoms with Gasteiger partial charge in [0, 0.05) is 5.56 Å². The fraction of sp³-hybridized carbons (Fsp3) is 0.194. The maximum Gasteiger partial charge on any atom is 0.343 e. The molecule has 0 radical (unpaired) electrons. The Kier molecular flexibility index (Phi) is 8.14. The molecule has 0 unspecified atom stereocenters. The number of hydrogen-bond donors (Lipinski definition) is 0. The number of carbonyl (C=O) groups excluding carboxylic acids is 5. The predicted molar refractivity (Wildman–Crippen MR) is 161 cm³/mol. The first-order chi connectivity index (χ1) is 21.4. The zero-order valence-electron chi connectivity index (χ0n) is 23.8. The zero-order chi connectivity index (χ0) is 30.6. The molecule has 4 aromatic rings. The molecule has 44 heavy (non-hydrogen) atoms. The molecule has 2 amide bonds. The summed E-state index contributed by atoms with van der Waals surface area (Å²) in [5.41, 5.74) is 2.28. The fourth-order valence-corrected chi connectivity index (χ4v) is 5.98. The number of anilines is 1. The van der Waals surface area contributed by atoms with E-state index in [1.807, 2.05) is 18.2 Å². The van der Waals surface area contributed by atoms with Crippen molar-refractivity contribution in [2.24, 2.45) is 11.8 Å². The van der Waals surface area contributed by atoms with Crippen LogP contribution in [-0.2, 0) is 14.3 Å². The van der Waals surface area contributed by atoms with Crippen molar-refractivity contribution in [1.29, 1.82) is 0 Å². The number of rotatable bonds is 8. The van der Waals surface area contributed by atoms with Crippen molar-refractivity contribution in [3.05, 3.63) is 131 Å². The number of ether oxygens (including phenoxy) is 2. The molecule has 8 nitrogen and oxygen atoms in total. The number of carbonyl (C=O) groups is 5. The molecule has 0 spiro atoms. The van der Waals surface area contributed by atoms with Crippen LogP contribution < -0.4 is 9.64 Å². The number of fused-ring (bicyclic) bond motifs is 1. The van der Waals surface area contributed by atoms with Gasteiger partial charge in [0.25, 0.3) is 0 Å². The van der Waals surface area contributed by atoms with E-state index in [1.165, 1.54) is 46.9 Å². The number of amides is 2. The van der Waals surface area contributed by atoms with Gasteiger partial charge < -0.3 is 9.47 Å². The highest BCUT2D eigenvalue weighted by Gasteiger charge is 2.50. The van der Waals surface area contributed by atoms with E-state index < -0.39 is 30.2 Å². The zero-order valence-corrected chi connectivity index (χ0v) is 23.8. The summed E-state index contributed by atoms with van der Waals surface area (Å²) in [6.45, 7) is -0.515. The van der Waals surface area contributed by atoms with Crippen molar-refractivity contribution in [3.63, 3.8) is 0 Å². The summed E-state index contributed by atoms with van der Waals surface area (Å²) in [5.74, 6) is -2.50. The molecule has 3 atom stereocenters. The Morgan fingerprint density at radius 2 is 1.32 bits per heavy atom. The van der Waals surface area contributed by atoms with Crippen LogP contribution in [0.1, 0.15) is 61.8 Å². The lowest BCUT2D eigenvalue weighted by Gasteiger charge is -2.28. The van der Waals surface area contributed by atoms with Gasteiger partial charge in [0.15, 0.2) is 12.4 Å². The molecule has 2 aliphatic rings. The molecule has 2 fully saturated rings. The number of ketones is 1. The Hall–Kier alpha value is -5.37. The van der Waals surface area contributed by atoms with Gasteiger partial charge in [-0.05, 0) is 85.3 Å². The lowest BCUT2D eigenvalue weighted by Crippen LogP contribution is -2.31. The Morgan fingerprint density at radius 3 is 2.05 bits per heavy atom. The normalized spacial score (nSPS) is 19.3.